The Hall–Kier alpha value is -4.55. The zero-order chi connectivity index (χ0) is 28.8. The van der Waals surface area contributed by atoms with E-state index in [4.69, 9.17) is 0 Å². The number of halogens is 1. The Morgan fingerprint density at radius 3 is 2.55 bits per heavy atom. The molecule has 0 aliphatic heterocycles. The molecule has 3 heterocycles. The minimum absolute atomic E-state index is 0.196. The van der Waals surface area contributed by atoms with Crippen LogP contribution in [0.5, 0.6) is 0 Å². The lowest BCUT2D eigenvalue weighted by molar-refractivity contribution is 0.103. The van der Waals surface area contributed by atoms with Crippen molar-refractivity contribution in [1.82, 2.24) is 24.0 Å². The summed E-state index contributed by atoms with van der Waals surface area (Å²) in [6.07, 6.45) is 4.89. The number of imidazole rings is 1. The van der Waals surface area contributed by atoms with Gasteiger partial charge in [0.05, 0.1) is 23.8 Å². The number of aryl methyl sites for hydroxylation is 1. The first-order valence-electron chi connectivity index (χ1n) is 12.9. The molecule has 3 aromatic heterocycles. The Morgan fingerprint density at radius 2 is 1.85 bits per heavy atom. The summed E-state index contributed by atoms with van der Waals surface area (Å²) in [6, 6.07) is 11.6. The predicted molar refractivity (Wildman–Crippen MR) is 158 cm³/mol. The number of benzene rings is 2. The molecular weight excluding hydrogens is 521 g/mol. The summed E-state index contributed by atoms with van der Waals surface area (Å²) in [6.45, 7) is 8.55. The van der Waals surface area contributed by atoms with Crippen LogP contribution in [-0.4, -0.2) is 58.0 Å². The Bertz CT molecular complexity index is 1870. The Morgan fingerprint density at radius 1 is 1.07 bits per heavy atom. The molecule has 0 aliphatic carbocycles. The molecule has 5 aromatic rings. The van der Waals surface area contributed by atoms with Crippen LogP contribution in [-0.2, 0) is 6.54 Å². The van der Waals surface area contributed by atoms with E-state index in [2.05, 4.69) is 41.1 Å². The van der Waals surface area contributed by atoms with Gasteiger partial charge in [0.2, 0.25) is 0 Å². The minimum atomic E-state index is -1.72. The van der Waals surface area contributed by atoms with Crippen LogP contribution in [0.4, 0.5) is 9.18 Å². The van der Waals surface area contributed by atoms with Crippen molar-refractivity contribution in [3.63, 3.8) is 0 Å². The molecule has 0 saturated carbocycles. The number of amides is 1. The average molecular weight is 552 g/mol. The van der Waals surface area contributed by atoms with Crippen LogP contribution in [0.25, 0.3) is 21.9 Å². The van der Waals surface area contributed by atoms with Crippen molar-refractivity contribution in [3.8, 4) is 11.5 Å². The highest BCUT2D eigenvalue weighted by Crippen LogP contribution is 2.29. The van der Waals surface area contributed by atoms with Crippen molar-refractivity contribution in [3.05, 3.63) is 95.0 Å². The summed E-state index contributed by atoms with van der Waals surface area (Å²) in [5, 5.41) is 0.590. The van der Waals surface area contributed by atoms with E-state index < -0.39 is 13.9 Å². The van der Waals surface area contributed by atoms with E-state index in [-0.39, 0.29) is 23.9 Å². The SMILES string of the molecule is Cc1nc2cnccc2n1Cc1ccc(C(=O)c2cn(C(=O)N(C)C)c3cccc(C#C[Si](C)(C)C)c23)cc1F. The quantitative estimate of drug-likeness (QED) is 0.159. The highest BCUT2D eigenvalue weighted by molar-refractivity contribution is 6.83. The second-order valence-corrected chi connectivity index (χ2v) is 15.8. The number of hydrogen-bond acceptors (Lipinski definition) is 4. The Kier molecular flexibility index (Phi) is 6.90. The summed E-state index contributed by atoms with van der Waals surface area (Å²) in [5.41, 5.74) is 7.14. The fraction of sp³-hybridized carbons (Fsp3) is 0.226. The molecular formula is C31H30FN5O2Si. The molecule has 5 rings (SSSR count). The van der Waals surface area contributed by atoms with Crippen LogP contribution in [0.3, 0.4) is 0 Å². The van der Waals surface area contributed by atoms with Gasteiger partial charge in [-0.1, -0.05) is 43.8 Å². The molecule has 0 spiro atoms. The molecule has 7 nitrogen and oxygen atoms in total. The molecule has 0 fully saturated rings. The zero-order valence-electron chi connectivity index (χ0n) is 23.4. The van der Waals surface area contributed by atoms with E-state index in [0.29, 0.717) is 27.6 Å². The number of carbonyl (C=O) groups excluding carboxylic acids is 2. The van der Waals surface area contributed by atoms with Crippen molar-refractivity contribution < 1.29 is 14.0 Å². The number of nitrogens with zero attached hydrogens (tertiary/aromatic N) is 5. The van der Waals surface area contributed by atoms with Gasteiger partial charge >= 0.3 is 6.03 Å². The van der Waals surface area contributed by atoms with Crippen molar-refractivity contribution in [1.29, 1.82) is 0 Å². The third-order valence-electron chi connectivity index (χ3n) is 6.62. The van der Waals surface area contributed by atoms with Gasteiger partial charge in [-0.25, -0.2) is 14.2 Å². The van der Waals surface area contributed by atoms with E-state index >= 15 is 4.39 Å². The maximum absolute atomic E-state index is 15.5. The maximum atomic E-state index is 15.5. The number of aromatic nitrogens is 4. The molecule has 1 amide bonds. The van der Waals surface area contributed by atoms with Crippen LogP contribution in [0.1, 0.15) is 32.9 Å². The summed E-state index contributed by atoms with van der Waals surface area (Å²) in [4.78, 5) is 36.9. The van der Waals surface area contributed by atoms with Gasteiger partial charge in [-0.05, 0) is 31.2 Å². The lowest BCUT2D eigenvalue weighted by Gasteiger charge is -2.11. The summed E-state index contributed by atoms with van der Waals surface area (Å²) in [7, 11) is 1.59. The molecule has 40 heavy (non-hydrogen) atoms. The van der Waals surface area contributed by atoms with E-state index in [9.17, 15) is 9.59 Å². The van der Waals surface area contributed by atoms with Crippen molar-refractivity contribution in [2.24, 2.45) is 0 Å². The minimum Gasteiger partial charge on any atom is -0.330 e. The highest BCUT2D eigenvalue weighted by Gasteiger charge is 2.23. The average Bonchev–Trinajstić information content (AvgIpc) is 3.45. The van der Waals surface area contributed by atoms with Crippen LogP contribution in [0, 0.1) is 24.2 Å². The summed E-state index contributed by atoms with van der Waals surface area (Å²) >= 11 is 0. The van der Waals surface area contributed by atoms with Gasteiger partial charge in [-0.2, -0.15) is 0 Å². The lowest BCUT2D eigenvalue weighted by atomic mass is 9.98. The monoisotopic (exact) mass is 551 g/mol. The molecule has 2 aromatic carbocycles. The molecule has 0 unspecified atom stereocenters. The summed E-state index contributed by atoms with van der Waals surface area (Å²) in [5.74, 6) is 3.13. The van der Waals surface area contributed by atoms with Crippen LogP contribution in [0.2, 0.25) is 19.6 Å². The van der Waals surface area contributed by atoms with Gasteiger partial charge < -0.3 is 9.47 Å². The fourth-order valence-electron chi connectivity index (χ4n) is 4.64. The number of fused-ring (bicyclic) bond motifs is 2. The first kappa shape index (κ1) is 27.0. The van der Waals surface area contributed by atoms with E-state index in [1.807, 2.05) is 29.7 Å². The lowest BCUT2D eigenvalue weighted by Crippen LogP contribution is -2.26. The largest absolute Gasteiger partial charge is 0.330 e. The Labute approximate surface area is 233 Å². The third-order valence-corrected chi connectivity index (χ3v) is 7.50. The second-order valence-electron chi connectivity index (χ2n) is 11.0. The maximum Gasteiger partial charge on any atom is 0.328 e. The molecule has 9 heteroatoms. The molecule has 0 N–H and O–H groups in total. The summed E-state index contributed by atoms with van der Waals surface area (Å²) < 4.78 is 18.8. The van der Waals surface area contributed by atoms with Gasteiger partial charge in [0.1, 0.15) is 25.2 Å². The number of hydrogen-bond donors (Lipinski definition) is 0. The molecule has 0 atom stereocenters. The molecule has 202 valence electrons. The Balaban J connectivity index is 1.58. The normalized spacial score (nSPS) is 11.5. The first-order chi connectivity index (χ1) is 18.9. The van der Waals surface area contributed by atoms with Gasteiger partial charge in [0.25, 0.3) is 0 Å². The van der Waals surface area contributed by atoms with Gasteiger partial charge in [-0.3, -0.25) is 14.3 Å². The van der Waals surface area contributed by atoms with E-state index in [0.717, 1.165) is 16.9 Å². The fourth-order valence-corrected chi connectivity index (χ4v) is 5.15. The van der Waals surface area contributed by atoms with E-state index in [1.165, 1.54) is 21.7 Å². The highest BCUT2D eigenvalue weighted by atomic mass is 28.3. The zero-order valence-corrected chi connectivity index (χ0v) is 24.4. The van der Waals surface area contributed by atoms with Crippen molar-refractivity contribution >= 4 is 41.8 Å². The predicted octanol–water partition coefficient (Wildman–Crippen LogP) is 5.87. The molecule has 0 bridgehead atoms. The number of pyridine rings is 1. The molecule has 0 aliphatic rings. The van der Waals surface area contributed by atoms with Crippen molar-refractivity contribution in [2.75, 3.05) is 14.1 Å². The van der Waals surface area contributed by atoms with Crippen LogP contribution in [0.15, 0.2) is 61.1 Å². The number of carbonyl (C=O) groups is 2. The number of ketones is 1. The van der Waals surface area contributed by atoms with Gasteiger partial charge in [0.15, 0.2) is 5.78 Å². The first-order valence-corrected chi connectivity index (χ1v) is 16.4. The van der Waals surface area contributed by atoms with Crippen LogP contribution >= 0.6 is 0 Å². The van der Waals surface area contributed by atoms with Gasteiger partial charge in [0, 0.05) is 54.1 Å². The van der Waals surface area contributed by atoms with Crippen LogP contribution < -0.4 is 0 Å². The standard InChI is InChI=1S/C31H30FN5O2Si/c1-20-34-26-17-33-14-12-27(26)36(20)18-23-11-10-22(16-25(23)32)30(38)24-19-37(31(39)35(2)3)28-9-7-8-21(29(24)28)13-15-40(4,5)6/h7-12,14,16-17,19H,18H2,1-6H3. The number of rotatable bonds is 4. The smallest absolute Gasteiger partial charge is 0.328 e. The van der Waals surface area contributed by atoms with Crippen molar-refractivity contribution in [2.45, 2.75) is 33.1 Å². The molecule has 0 radical (unpaired) electrons. The van der Waals surface area contributed by atoms with Gasteiger partial charge in [-0.15, -0.1) is 5.54 Å². The second kappa shape index (κ2) is 10.2. The molecule has 0 saturated heterocycles. The third kappa shape index (κ3) is 5.06. The van der Waals surface area contributed by atoms with E-state index in [1.54, 1.807) is 44.7 Å². The topological polar surface area (TPSA) is 73.0 Å².